The number of hydrogen-bond acceptors (Lipinski definition) is 4. The average molecular weight is 291 g/mol. The molecule has 20 heavy (non-hydrogen) atoms. The van der Waals surface area contributed by atoms with Crippen molar-refractivity contribution in [2.45, 2.75) is 18.4 Å². The number of nitrogens with one attached hydrogen (secondary N) is 2. The average Bonchev–Trinajstić information content (AvgIpc) is 2.46. The predicted octanol–water partition coefficient (Wildman–Crippen LogP) is 1.91. The Balaban J connectivity index is 2.13. The first-order valence-electron chi connectivity index (χ1n) is 6.21. The molecular formula is C14H17N3O2S. The largest absolute Gasteiger partial charge is 0.373 e. The van der Waals surface area contributed by atoms with Crippen molar-refractivity contribution in [3.05, 3.63) is 53.7 Å². The Bertz CT molecular complexity index is 682. The second-order valence-electron chi connectivity index (χ2n) is 4.38. The number of aromatic nitrogens is 1. The van der Waals surface area contributed by atoms with Crippen LogP contribution in [-0.4, -0.2) is 20.4 Å². The van der Waals surface area contributed by atoms with E-state index in [9.17, 15) is 8.42 Å². The molecule has 0 atom stereocenters. The Morgan fingerprint density at radius 3 is 2.50 bits per heavy atom. The Hall–Kier alpha value is -1.92. The first-order valence-corrected chi connectivity index (χ1v) is 7.69. The zero-order valence-electron chi connectivity index (χ0n) is 11.4. The van der Waals surface area contributed by atoms with Crippen molar-refractivity contribution >= 4 is 15.8 Å². The predicted molar refractivity (Wildman–Crippen MR) is 79.0 cm³/mol. The van der Waals surface area contributed by atoms with E-state index in [1.807, 2.05) is 31.2 Å². The first-order chi connectivity index (χ1) is 9.53. The number of pyridine rings is 1. The molecule has 5 nitrogen and oxygen atoms in total. The molecule has 2 rings (SSSR count). The molecule has 0 aliphatic rings. The minimum absolute atomic E-state index is 0.157. The lowest BCUT2D eigenvalue weighted by Gasteiger charge is -2.09. The molecular weight excluding hydrogens is 274 g/mol. The smallest absolute Gasteiger partial charge is 0.242 e. The molecule has 0 fully saturated rings. The van der Waals surface area contributed by atoms with E-state index in [-0.39, 0.29) is 11.4 Å². The van der Waals surface area contributed by atoms with E-state index in [4.69, 9.17) is 0 Å². The number of sulfonamides is 1. The van der Waals surface area contributed by atoms with Crippen molar-refractivity contribution in [2.75, 3.05) is 12.4 Å². The van der Waals surface area contributed by atoms with Gasteiger partial charge in [-0.1, -0.05) is 24.3 Å². The van der Waals surface area contributed by atoms with Crippen LogP contribution in [0.1, 0.15) is 11.1 Å². The summed E-state index contributed by atoms with van der Waals surface area (Å²) in [4.78, 5) is 4.16. The third kappa shape index (κ3) is 3.34. The summed E-state index contributed by atoms with van der Waals surface area (Å²) in [7, 11) is -1.81. The lowest BCUT2D eigenvalue weighted by Crippen LogP contribution is -2.23. The van der Waals surface area contributed by atoms with Gasteiger partial charge in [0, 0.05) is 19.8 Å². The summed E-state index contributed by atoms with van der Waals surface area (Å²) >= 11 is 0. The number of benzene rings is 1. The molecule has 2 N–H and O–H groups in total. The molecule has 0 amide bonds. The maximum Gasteiger partial charge on any atom is 0.242 e. The summed E-state index contributed by atoms with van der Waals surface area (Å²) < 4.78 is 26.9. The fourth-order valence-corrected chi connectivity index (χ4v) is 2.70. The van der Waals surface area contributed by atoms with Gasteiger partial charge in [0.25, 0.3) is 0 Å². The number of nitrogens with zero attached hydrogens (tertiary/aromatic N) is 1. The van der Waals surface area contributed by atoms with Crippen LogP contribution in [0, 0.1) is 6.92 Å². The molecule has 0 unspecified atom stereocenters. The molecule has 1 aromatic heterocycles. The molecule has 1 aromatic carbocycles. The standard InChI is InChI=1S/C14H17N3O2S/c1-11-5-3-4-6-12(11)9-17-20(18,19)13-7-8-14(15-2)16-10-13/h3-8,10,17H,9H2,1-2H3,(H,15,16). The van der Waals surface area contributed by atoms with Crippen molar-refractivity contribution < 1.29 is 8.42 Å². The summed E-state index contributed by atoms with van der Waals surface area (Å²) in [6.07, 6.45) is 1.34. The van der Waals surface area contributed by atoms with E-state index >= 15 is 0 Å². The third-order valence-electron chi connectivity index (χ3n) is 3.02. The van der Waals surface area contributed by atoms with Crippen molar-refractivity contribution in [2.24, 2.45) is 0 Å². The molecule has 0 saturated heterocycles. The Labute approximate surface area is 119 Å². The topological polar surface area (TPSA) is 71.1 Å². The number of anilines is 1. The van der Waals surface area contributed by atoms with Crippen LogP contribution in [0.2, 0.25) is 0 Å². The van der Waals surface area contributed by atoms with Gasteiger partial charge in [-0.05, 0) is 30.2 Å². The van der Waals surface area contributed by atoms with Crippen LogP contribution in [0.4, 0.5) is 5.82 Å². The van der Waals surface area contributed by atoms with Gasteiger partial charge in [0.2, 0.25) is 10.0 Å². The van der Waals surface area contributed by atoms with E-state index in [0.29, 0.717) is 5.82 Å². The summed E-state index contributed by atoms with van der Waals surface area (Å²) in [6.45, 7) is 2.22. The van der Waals surface area contributed by atoms with Crippen LogP contribution in [0.3, 0.4) is 0 Å². The van der Waals surface area contributed by atoms with Gasteiger partial charge < -0.3 is 5.32 Å². The molecule has 6 heteroatoms. The highest BCUT2D eigenvalue weighted by molar-refractivity contribution is 7.89. The minimum atomic E-state index is -3.54. The van der Waals surface area contributed by atoms with E-state index in [0.717, 1.165) is 11.1 Å². The molecule has 0 aliphatic heterocycles. The summed E-state index contributed by atoms with van der Waals surface area (Å²) in [5, 5.41) is 2.84. The SMILES string of the molecule is CNc1ccc(S(=O)(=O)NCc2ccccc2C)cn1. The van der Waals surface area contributed by atoms with E-state index in [1.54, 1.807) is 13.1 Å². The van der Waals surface area contributed by atoms with Gasteiger partial charge in [0.1, 0.15) is 10.7 Å². The molecule has 0 spiro atoms. The third-order valence-corrected chi connectivity index (χ3v) is 4.40. The van der Waals surface area contributed by atoms with Crippen LogP contribution in [0.25, 0.3) is 0 Å². The number of aryl methyl sites for hydroxylation is 1. The summed E-state index contributed by atoms with van der Waals surface area (Å²) in [5.74, 6) is 0.628. The molecule has 0 saturated carbocycles. The van der Waals surface area contributed by atoms with Gasteiger partial charge in [-0.3, -0.25) is 0 Å². The van der Waals surface area contributed by atoms with Crippen molar-refractivity contribution in [1.82, 2.24) is 9.71 Å². The second kappa shape index (κ2) is 6.02. The van der Waals surface area contributed by atoms with Gasteiger partial charge in [-0.25, -0.2) is 18.1 Å². The maximum atomic E-state index is 12.1. The quantitative estimate of drug-likeness (QED) is 0.883. The highest BCUT2D eigenvalue weighted by Gasteiger charge is 2.14. The second-order valence-corrected chi connectivity index (χ2v) is 6.15. The van der Waals surface area contributed by atoms with Crippen LogP contribution in [0.15, 0.2) is 47.5 Å². The van der Waals surface area contributed by atoms with Gasteiger partial charge in [-0.2, -0.15) is 0 Å². The van der Waals surface area contributed by atoms with Crippen molar-refractivity contribution in [3.63, 3.8) is 0 Å². The lowest BCUT2D eigenvalue weighted by atomic mass is 10.1. The molecule has 0 radical (unpaired) electrons. The molecule has 1 heterocycles. The number of hydrogen-bond donors (Lipinski definition) is 2. The fourth-order valence-electron chi connectivity index (χ4n) is 1.75. The zero-order valence-corrected chi connectivity index (χ0v) is 12.2. The van der Waals surface area contributed by atoms with Gasteiger partial charge in [0.15, 0.2) is 0 Å². The van der Waals surface area contributed by atoms with Crippen LogP contribution < -0.4 is 10.0 Å². The van der Waals surface area contributed by atoms with Crippen molar-refractivity contribution in [3.8, 4) is 0 Å². The minimum Gasteiger partial charge on any atom is -0.373 e. The molecule has 0 bridgehead atoms. The normalized spacial score (nSPS) is 11.3. The van der Waals surface area contributed by atoms with E-state index in [2.05, 4.69) is 15.0 Å². The summed E-state index contributed by atoms with van der Waals surface area (Å²) in [6, 6.07) is 10.8. The van der Waals surface area contributed by atoms with Crippen LogP contribution in [0.5, 0.6) is 0 Å². The zero-order chi connectivity index (χ0) is 14.6. The Kier molecular flexibility index (Phi) is 4.36. The number of rotatable bonds is 5. The van der Waals surface area contributed by atoms with E-state index in [1.165, 1.54) is 12.3 Å². The van der Waals surface area contributed by atoms with Gasteiger partial charge in [-0.15, -0.1) is 0 Å². The van der Waals surface area contributed by atoms with Crippen LogP contribution >= 0.6 is 0 Å². The van der Waals surface area contributed by atoms with Gasteiger partial charge in [0.05, 0.1) is 0 Å². The fraction of sp³-hybridized carbons (Fsp3) is 0.214. The highest BCUT2D eigenvalue weighted by Crippen LogP contribution is 2.12. The first kappa shape index (κ1) is 14.5. The molecule has 106 valence electrons. The van der Waals surface area contributed by atoms with Crippen molar-refractivity contribution in [1.29, 1.82) is 0 Å². The monoisotopic (exact) mass is 291 g/mol. The lowest BCUT2D eigenvalue weighted by molar-refractivity contribution is 0.581. The molecule has 0 aliphatic carbocycles. The molecule has 2 aromatic rings. The Morgan fingerprint density at radius 2 is 1.90 bits per heavy atom. The van der Waals surface area contributed by atoms with Crippen LogP contribution in [-0.2, 0) is 16.6 Å². The summed E-state index contributed by atoms with van der Waals surface area (Å²) in [5.41, 5.74) is 2.01. The maximum absolute atomic E-state index is 12.1. The van der Waals surface area contributed by atoms with E-state index < -0.39 is 10.0 Å². The Morgan fingerprint density at radius 1 is 1.15 bits per heavy atom. The highest BCUT2D eigenvalue weighted by atomic mass is 32.2. The van der Waals surface area contributed by atoms with Gasteiger partial charge >= 0.3 is 0 Å².